The van der Waals surface area contributed by atoms with Crippen molar-refractivity contribution in [3.8, 4) is 0 Å². The van der Waals surface area contributed by atoms with Crippen molar-refractivity contribution in [1.82, 2.24) is 0 Å². The van der Waals surface area contributed by atoms with E-state index >= 15 is 0 Å². The lowest BCUT2D eigenvalue weighted by molar-refractivity contribution is -0.151. The lowest BCUT2D eigenvalue weighted by atomic mass is 9.52. The number of ether oxygens (including phenoxy) is 1. The second-order valence-corrected chi connectivity index (χ2v) is 8.64. The highest BCUT2D eigenvalue weighted by atomic mass is 16.6. The molecule has 1 heterocycles. The summed E-state index contributed by atoms with van der Waals surface area (Å²) in [6, 6.07) is 0. The molecule has 3 heteroatoms. The molecule has 0 saturated heterocycles. The molecule has 0 aromatic heterocycles. The molecule has 3 nitrogen and oxygen atoms in total. The number of aliphatic hydroxyl groups is 1. The lowest BCUT2D eigenvalue weighted by Gasteiger charge is -2.53. The van der Waals surface area contributed by atoms with Crippen molar-refractivity contribution in [1.29, 1.82) is 0 Å². The number of carbonyl (C=O) groups excluding carboxylic acids is 1. The summed E-state index contributed by atoms with van der Waals surface area (Å²) < 4.78 is 4.82. The van der Waals surface area contributed by atoms with Gasteiger partial charge in [0.05, 0.1) is 0 Å². The third-order valence-corrected chi connectivity index (χ3v) is 6.89. The molecule has 1 N–H and O–H groups in total. The highest BCUT2D eigenvalue weighted by Gasteiger charge is 2.47. The van der Waals surface area contributed by atoms with Crippen LogP contribution in [-0.2, 0) is 9.53 Å². The minimum atomic E-state index is -1.03. The molecule has 1 saturated carbocycles. The minimum Gasteiger partial charge on any atom is -0.429 e. The number of carbonyl (C=O) groups is 1. The topological polar surface area (TPSA) is 46.5 Å². The summed E-state index contributed by atoms with van der Waals surface area (Å²) in [5, 5.41) is 9.83. The maximum absolute atomic E-state index is 11.3. The third-order valence-electron chi connectivity index (χ3n) is 6.89. The molecular formula is C20H30O3. The summed E-state index contributed by atoms with van der Waals surface area (Å²) >= 11 is 0. The van der Waals surface area contributed by atoms with Crippen LogP contribution in [0.2, 0.25) is 0 Å². The largest absolute Gasteiger partial charge is 0.429 e. The van der Waals surface area contributed by atoms with Gasteiger partial charge in [-0.15, -0.1) is 0 Å². The molecule has 1 aliphatic heterocycles. The van der Waals surface area contributed by atoms with Crippen LogP contribution in [0.1, 0.15) is 66.2 Å². The SMILES string of the molecule is C[C@H]1CC[C@H]2C(=CCCC2(C)C)[C@@]1(C)CCC1=CC(=O)OC1O. The lowest BCUT2D eigenvalue weighted by Crippen LogP contribution is -2.43. The Kier molecular flexibility index (Phi) is 4.20. The number of allylic oxidation sites excluding steroid dienone is 2. The fraction of sp³-hybridized carbons (Fsp3) is 0.750. The van der Waals surface area contributed by atoms with Crippen LogP contribution in [0.5, 0.6) is 0 Å². The fourth-order valence-electron chi connectivity index (χ4n) is 4.97. The molecule has 3 aliphatic rings. The second-order valence-electron chi connectivity index (χ2n) is 8.64. The van der Waals surface area contributed by atoms with Gasteiger partial charge in [-0.2, -0.15) is 0 Å². The zero-order valence-corrected chi connectivity index (χ0v) is 14.9. The first-order valence-corrected chi connectivity index (χ1v) is 9.04. The maximum Gasteiger partial charge on any atom is 0.333 e. The van der Waals surface area contributed by atoms with E-state index in [4.69, 9.17) is 4.74 Å². The number of rotatable bonds is 3. The van der Waals surface area contributed by atoms with E-state index in [1.807, 2.05) is 0 Å². The second kappa shape index (κ2) is 5.77. The molecular weight excluding hydrogens is 288 g/mol. The van der Waals surface area contributed by atoms with Crippen molar-refractivity contribution in [3.05, 3.63) is 23.3 Å². The van der Waals surface area contributed by atoms with Crippen LogP contribution >= 0.6 is 0 Å². The van der Waals surface area contributed by atoms with Crippen molar-refractivity contribution in [2.45, 2.75) is 72.5 Å². The number of fused-ring (bicyclic) bond motifs is 1. The summed E-state index contributed by atoms with van der Waals surface area (Å²) in [4.78, 5) is 11.3. The van der Waals surface area contributed by atoms with Gasteiger partial charge in [0.25, 0.3) is 0 Å². The summed E-state index contributed by atoms with van der Waals surface area (Å²) in [5.41, 5.74) is 2.91. The average Bonchev–Trinajstić information content (AvgIpc) is 2.79. The summed E-state index contributed by atoms with van der Waals surface area (Å²) in [6.07, 6.45) is 9.65. The number of esters is 1. The number of cyclic esters (lactones) is 1. The Morgan fingerprint density at radius 1 is 1.30 bits per heavy atom. The van der Waals surface area contributed by atoms with Gasteiger partial charge in [0.15, 0.2) is 0 Å². The minimum absolute atomic E-state index is 0.160. The summed E-state index contributed by atoms with van der Waals surface area (Å²) in [7, 11) is 0. The van der Waals surface area contributed by atoms with Gasteiger partial charge in [-0.05, 0) is 61.2 Å². The smallest absolute Gasteiger partial charge is 0.333 e. The predicted molar refractivity (Wildman–Crippen MR) is 90.5 cm³/mol. The van der Waals surface area contributed by atoms with Crippen LogP contribution in [-0.4, -0.2) is 17.4 Å². The predicted octanol–water partition coefficient (Wildman–Crippen LogP) is 4.37. The van der Waals surface area contributed by atoms with Crippen LogP contribution in [0.25, 0.3) is 0 Å². The molecule has 1 fully saturated rings. The van der Waals surface area contributed by atoms with E-state index in [1.165, 1.54) is 31.8 Å². The Labute approximate surface area is 139 Å². The van der Waals surface area contributed by atoms with Crippen LogP contribution in [0.4, 0.5) is 0 Å². The Balaban J connectivity index is 1.82. The number of aliphatic hydroxyl groups excluding tert-OH is 1. The van der Waals surface area contributed by atoms with Gasteiger partial charge in [0.1, 0.15) is 0 Å². The van der Waals surface area contributed by atoms with Gasteiger partial charge in [-0.1, -0.05) is 39.3 Å². The third kappa shape index (κ3) is 2.88. The molecule has 2 aliphatic carbocycles. The van der Waals surface area contributed by atoms with Gasteiger partial charge < -0.3 is 9.84 Å². The molecule has 0 spiro atoms. The van der Waals surface area contributed by atoms with Gasteiger partial charge in [-0.3, -0.25) is 0 Å². The van der Waals surface area contributed by atoms with Gasteiger partial charge in [0.2, 0.25) is 6.29 Å². The fourth-order valence-corrected chi connectivity index (χ4v) is 4.97. The Bertz CT molecular complexity index is 557. The monoisotopic (exact) mass is 318 g/mol. The van der Waals surface area contributed by atoms with Crippen LogP contribution < -0.4 is 0 Å². The summed E-state index contributed by atoms with van der Waals surface area (Å²) in [5.74, 6) is 0.901. The molecule has 1 unspecified atom stereocenters. The standard InChI is InChI=1S/C20H30O3/c1-13-7-8-15-16(6-5-10-19(15,2)3)20(13,4)11-9-14-12-17(21)23-18(14)22/h6,12-13,15,18,22H,5,7-11H2,1-4H3/t13-,15-,18?,20-/m0/s1. The van der Waals surface area contributed by atoms with E-state index in [9.17, 15) is 9.90 Å². The normalized spacial score (nSPS) is 39.3. The first-order valence-electron chi connectivity index (χ1n) is 9.04. The van der Waals surface area contributed by atoms with Crippen molar-refractivity contribution in [3.63, 3.8) is 0 Å². The molecule has 4 atom stereocenters. The Hall–Kier alpha value is -1.09. The van der Waals surface area contributed by atoms with Gasteiger partial charge in [-0.25, -0.2) is 4.79 Å². The van der Waals surface area contributed by atoms with Crippen molar-refractivity contribution in [2.75, 3.05) is 0 Å². The van der Waals surface area contributed by atoms with Gasteiger partial charge >= 0.3 is 5.97 Å². The van der Waals surface area contributed by atoms with Crippen molar-refractivity contribution in [2.24, 2.45) is 22.7 Å². The van der Waals surface area contributed by atoms with Crippen molar-refractivity contribution < 1.29 is 14.6 Å². The van der Waals surface area contributed by atoms with Crippen LogP contribution in [0, 0.1) is 22.7 Å². The molecule has 3 rings (SSSR count). The van der Waals surface area contributed by atoms with Crippen LogP contribution in [0.3, 0.4) is 0 Å². The van der Waals surface area contributed by atoms with E-state index in [2.05, 4.69) is 33.8 Å². The van der Waals surface area contributed by atoms with E-state index in [-0.39, 0.29) is 5.41 Å². The first-order chi connectivity index (χ1) is 10.7. The quantitative estimate of drug-likeness (QED) is 0.621. The Morgan fingerprint density at radius 3 is 2.70 bits per heavy atom. The molecule has 0 bridgehead atoms. The number of hydrogen-bond donors (Lipinski definition) is 1. The van der Waals surface area contributed by atoms with E-state index in [1.54, 1.807) is 5.57 Å². The Morgan fingerprint density at radius 2 is 2.04 bits per heavy atom. The van der Waals surface area contributed by atoms with Crippen molar-refractivity contribution >= 4 is 5.97 Å². The zero-order valence-electron chi connectivity index (χ0n) is 14.9. The average molecular weight is 318 g/mol. The molecule has 0 aromatic rings. The van der Waals surface area contributed by atoms with E-state index in [0.29, 0.717) is 17.3 Å². The maximum atomic E-state index is 11.3. The highest BCUT2D eigenvalue weighted by molar-refractivity contribution is 5.85. The highest BCUT2D eigenvalue weighted by Crippen LogP contribution is 2.58. The molecule has 0 amide bonds. The number of hydrogen-bond acceptors (Lipinski definition) is 3. The first kappa shape index (κ1) is 16.8. The molecule has 0 aromatic carbocycles. The molecule has 128 valence electrons. The van der Waals surface area contributed by atoms with Gasteiger partial charge in [0, 0.05) is 11.6 Å². The van der Waals surface area contributed by atoms with E-state index < -0.39 is 12.3 Å². The van der Waals surface area contributed by atoms with E-state index in [0.717, 1.165) is 18.4 Å². The van der Waals surface area contributed by atoms with Crippen LogP contribution in [0.15, 0.2) is 23.3 Å². The summed E-state index contributed by atoms with van der Waals surface area (Å²) in [6.45, 7) is 9.58. The zero-order chi connectivity index (χ0) is 16.8. The molecule has 23 heavy (non-hydrogen) atoms. The molecule has 0 radical (unpaired) electrons.